The number of nitrogens with zero attached hydrogens (tertiary/aromatic N) is 3. The molecule has 2 aromatic rings. The molecule has 0 spiro atoms. The number of halogens is 6. The van der Waals surface area contributed by atoms with Gasteiger partial charge in [-0.2, -0.15) is 13.2 Å². The van der Waals surface area contributed by atoms with Gasteiger partial charge in [-0.1, -0.05) is 6.07 Å². The molecule has 1 aliphatic carbocycles. The SMILES string of the molecule is O=C(N[C@H]1CC[C@](F)(CCN2CCc3ccc(CCC(F)(F)F)nc3CC2)CC1)c1cccnc1C(F)F. The van der Waals surface area contributed by atoms with Crippen LogP contribution in [-0.4, -0.2) is 58.3 Å². The molecule has 0 bridgehead atoms. The van der Waals surface area contributed by atoms with E-state index in [4.69, 9.17) is 0 Å². The summed E-state index contributed by atoms with van der Waals surface area (Å²) in [5.41, 5.74) is 0.193. The summed E-state index contributed by atoms with van der Waals surface area (Å²) >= 11 is 0. The average Bonchev–Trinajstić information content (AvgIpc) is 3.09. The first-order chi connectivity index (χ1) is 18.0. The molecule has 208 valence electrons. The van der Waals surface area contributed by atoms with Crippen molar-refractivity contribution in [2.24, 2.45) is 0 Å². The maximum atomic E-state index is 15.6. The fourth-order valence-electron chi connectivity index (χ4n) is 5.24. The van der Waals surface area contributed by atoms with E-state index >= 15 is 4.39 Å². The van der Waals surface area contributed by atoms with Gasteiger partial charge in [0.2, 0.25) is 0 Å². The number of nitrogens with one attached hydrogen (secondary N) is 1. The van der Waals surface area contributed by atoms with E-state index in [-0.39, 0.29) is 30.9 Å². The minimum Gasteiger partial charge on any atom is -0.349 e. The Kier molecular flexibility index (Phi) is 8.95. The lowest BCUT2D eigenvalue weighted by Crippen LogP contribution is -2.43. The van der Waals surface area contributed by atoms with Gasteiger partial charge in [0.15, 0.2) is 0 Å². The van der Waals surface area contributed by atoms with Crippen LogP contribution in [0.25, 0.3) is 0 Å². The quantitative estimate of drug-likeness (QED) is 0.430. The molecule has 0 radical (unpaired) electrons. The summed E-state index contributed by atoms with van der Waals surface area (Å²) in [6.45, 7) is 1.94. The van der Waals surface area contributed by atoms with Gasteiger partial charge in [0.05, 0.1) is 5.56 Å². The summed E-state index contributed by atoms with van der Waals surface area (Å²) in [7, 11) is 0. The minimum atomic E-state index is -4.21. The van der Waals surface area contributed by atoms with Crippen LogP contribution in [-0.2, 0) is 19.3 Å². The first kappa shape index (κ1) is 28.3. The number of amides is 1. The molecular weight excluding hydrogens is 510 g/mol. The highest BCUT2D eigenvalue weighted by Crippen LogP contribution is 2.35. The lowest BCUT2D eigenvalue weighted by Gasteiger charge is -2.35. The molecule has 2 aromatic heterocycles. The molecule has 11 heteroatoms. The first-order valence-corrected chi connectivity index (χ1v) is 13.0. The molecule has 0 aromatic carbocycles. The Morgan fingerprint density at radius 1 is 1.13 bits per heavy atom. The highest BCUT2D eigenvalue weighted by Gasteiger charge is 2.36. The topological polar surface area (TPSA) is 58.1 Å². The van der Waals surface area contributed by atoms with E-state index in [9.17, 15) is 26.7 Å². The van der Waals surface area contributed by atoms with Gasteiger partial charge in [0, 0.05) is 56.1 Å². The van der Waals surface area contributed by atoms with Crippen molar-refractivity contribution in [2.45, 2.75) is 82.1 Å². The molecule has 5 nitrogen and oxygen atoms in total. The van der Waals surface area contributed by atoms with Gasteiger partial charge in [-0.25, -0.2) is 13.2 Å². The van der Waals surface area contributed by atoms with Crippen LogP contribution >= 0.6 is 0 Å². The molecule has 0 atom stereocenters. The second kappa shape index (κ2) is 12.0. The number of rotatable bonds is 8. The molecule has 1 fully saturated rings. The van der Waals surface area contributed by atoms with E-state index < -0.39 is 36.3 Å². The number of aryl methyl sites for hydroxylation is 1. The van der Waals surface area contributed by atoms with Gasteiger partial charge in [0.25, 0.3) is 12.3 Å². The monoisotopic (exact) mass is 542 g/mol. The van der Waals surface area contributed by atoms with Crippen molar-refractivity contribution in [2.75, 3.05) is 19.6 Å². The molecular formula is C27H32F6N4O. The van der Waals surface area contributed by atoms with E-state index in [0.29, 0.717) is 50.9 Å². The van der Waals surface area contributed by atoms with E-state index in [0.717, 1.165) is 17.8 Å². The molecule has 4 rings (SSSR count). The number of hydrogen-bond acceptors (Lipinski definition) is 4. The van der Waals surface area contributed by atoms with Gasteiger partial charge in [-0.15, -0.1) is 0 Å². The van der Waals surface area contributed by atoms with Crippen molar-refractivity contribution in [3.05, 3.63) is 58.7 Å². The molecule has 1 aliphatic heterocycles. The zero-order chi connectivity index (χ0) is 27.3. The van der Waals surface area contributed by atoms with Crippen molar-refractivity contribution in [1.29, 1.82) is 0 Å². The average molecular weight is 543 g/mol. The van der Waals surface area contributed by atoms with Crippen molar-refractivity contribution in [3.63, 3.8) is 0 Å². The molecule has 1 amide bonds. The molecule has 1 N–H and O–H groups in total. The number of pyridine rings is 2. The normalized spacial score (nSPS) is 22.7. The summed E-state index contributed by atoms with van der Waals surface area (Å²) in [6.07, 6.45) is -3.85. The predicted molar refractivity (Wildman–Crippen MR) is 130 cm³/mol. The van der Waals surface area contributed by atoms with Crippen LogP contribution in [0.2, 0.25) is 0 Å². The maximum Gasteiger partial charge on any atom is 0.389 e. The Labute approximate surface area is 218 Å². The molecule has 2 aliphatic rings. The number of carbonyl (C=O) groups is 1. The number of fused-ring (bicyclic) bond motifs is 1. The van der Waals surface area contributed by atoms with Crippen LogP contribution in [0.5, 0.6) is 0 Å². The molecule has 3 heterocycles. The van der Waals surface area contributed by atoms with E-state index in [1.165, 1.54) is 18.3 Å². The van der Waals surface area contributed by atoms with E-state index in [1.54, 1.807) is 6.07 Å². The smallest absolute Gasteiger partial charge is 0.349 e. The van der Waals surface area contributed by atoms with E-state index in [2.05, 4.69) is 20.2 Å². The first-order valence-electron chi connectivity index (χ1n) is 13.0. The lowest BCUT2D eigenvalue weighted by atomic mass is 9.81. The number of aromatic nitrogens is 2. The molecule has 0 saturated heterocycles. The van der Waals surface area contributed by atoms with Crippen LogP contribution in [0.1, 0.15) is 78.0 Å². The second-order valence-electron chi connectivity index (χ2n) is 10.3. The maximum absolute atomic E-state index is 15.6. The van der Waals surface area contributed by atoms with Gasteiger partial charge < -0.3 is 10.2 Å². The summed E-state index contributed by atoms with van der Waals surface area (Å²) in [5, 5.41) is 2.76. The van der Waals surface area contributed by atoms with Crippen LogP contribution in [0, 0.1) is 0 Å². The van der Waals surface area contributed by atoms with Gasteiger partial charge in [-0.3, -0.25) is 14.8 Å². The van der Waals surface area contributed by atoms with Crippen molar-refractivity contribution >= 4 is 5.91 Å². The zero-order valence-corrected chi connectivity index (χ0v) is 21.0. The predicted octanol–water partition coefficient (Wildman–Crippen LogP) is 5.78. The third-order valence-corrected chi connectivity index (χ3v) is 7.54. The Morgan fingerprint density at radius 3 is 2.58 bits per heavy atom. The van der Waals surface area contributed by atoms with Gasteiger partial charge >= 0.3 is 6.18 Å². The van der Waals surface area contributed by atoms with E-state index in [1.807, 2.05) is 6.07 Å². The van der Waals surface area contributed by atoms with Crippen LogP contribution in [0.15, 0.2) is 30.5 Å². The van der Waals surface area contributed by atoms with Crippen molar-refractivity contribution in [1.82, 2.24) is 20.2 Å². The molecule has 1 saturated carbocycles. The van der Waals surface area contributed by atoms with Crippen LogP contribution in [0.3, 0.4) is 0 Å². The number of alkyl halides is 6. The summed E-state index contributed by atoms with van der Waals surface area (Å²) < 4.78 is 79.5. The second-order valence-corrected chi connectivity index (χ2v) is 10.3. The summed E-state index contributed by atoms with van der Waals surface area (Å²) in [5.74, 6) is -0.621. The number of hydrogen-bond donors (Lipinski definition) is 1. The molecule has 0 unspecified atom stereocenters. The Morgan fingerprint density at radius 2 is 1.87 bits per heavy atom. The Bertz CT molecular complexity index is 1100. The third kappa shape index (κ3) is 7.68. The Balaban J connectivity index is 1.23. The van der Waals surface area contributed by atoms with Gasteiger partial charge in [-0.05, 0) is 68.7 Å². The van der Waals surface area contributed by atoms with Crippen molar-refractivity contribution in [3.8, 4) is 0 Å². The highest BCUT2D eigenvalue weighted by molar-refractivity contribution is 5.95. The Hall–Kier alpha value is -2.69. The minimum absolute atomic E-state index is 0.137. The lowest BCUT2D eigenvalue weighted by molar-refractivity contribution is -0.134. The zero-order valence-electron chi connectivity index (χ0n) is 21.0. The summed E-state index contributed by atoms with van der Waals surface area (Å²) in [4.78, 5) is 22.8. The molecule has 38 heavy (non-hydrogen) atoms. The van der Waals surface area contributed by atoms with Crippen LogP contribution in [0.4, 0.5) is 26.3 Å². The highest BCUT2D eigenvalue weighted by atomic mass is 19.4. The van der Waals surface area contributed by atoms with Crippen LogP contribution < -0.4 is 5.32 Å². The summed E-state index contributed by atoms with van der Waals surface area (Å²) in [6, 6.07) is 5.97. The fraction of sp³-hybridized carbons (Fsp3) is 0.593. The van der Waals surface area contributed by atoms with Gasteiger partial charge in [0.1, 0.15) is 11.4 Å². The standard InChI is InChI=1S/C27H32F6N4O/c28-24(29)23-21(2-1-14-34-23)25(38)36-20-5-10-26(30,11-6-20)13-17-37-15-8-18-3-4-19(7-12-27(31,32)33)35-22(18)9-16-37/h1-4,14,20,24H,5-13,15-17H2,(H,36,38)/t20-,26+. The largest absolute Gasteiger partial charge is 0.389 e. The fourth-order valence-corrected chi connectivity index (χ4v) is 5.24. The third-order valence-electron chi connectivity index (χ3n) is 7.54. The van der Waals surface area contributed by atoms with Crippen molar-refractivity contribution < 1.29 is 31.1 Å². The number of carbonyl (C=O) groups excluding carboxylic acids is 1.